The summed E-state index contributed by atoms with van der Waals surface area (Å²) in [7, 11) is 0. The van der Waals surface area contributed by atoms with Gasteiger partial charge in [0.15, 0.2) is 0 Å². The summed E-state index contributed by atoms with van der Waals surface area (Å²) in [5, 5.41) is 2.00. The number of nitrogens with two attached hydrogens (primary N) is 1. The van der Waals surface area contributed by atoms with Crippen LogP contribution in [-0.4, -0.2) is 34.1 Å². The molecule has 2 aromatic rings. The molecule has 2 N–H and O–H groups in total. The third-order valence-electron chi connectivity index (χ3n) is 3.24. The summed E-state index contributed by atoms with van der Waals surface area (Å²) in [6.45, 7) is 1.65. The third kappa shape index (κ3) is 2.09. The molecule has 1 aliphatic heterocycles. The fourth-order valence-electron chi connectivity index (χ4n) is 2.31. The van der Waals surface area contributed by atoms with Crippen molar-refractivity contribution in [1.82, 2.24) is 15.0 Å². The van der Waals surface area contributed by atoms with Gasteiger partial charge in [0.25, 0.3) is 0 Å². The number of nitrogens with zero attached hydrogens (tertiary/aromatic N) is 4. The molecule has 18 heavy (non-hydrogen) atoms. The number of aromatic nitrogens is 3. The molecule has 0 aliphatic carbocycles. The third-order valence-corrected chi connectivity index (χ3v) is 3.83. The van der Waals surface area contributed by atoms with E-state index in [1.165, 1.54) is 0 Å². The summed E-state index contributed by atoms with van der Waals surface area (Å²) in [5.74, 6) is 0.772. The Kier molecular flexibility index (Phi) is 3.21. The van der Waals surface area contributed by atoms with E-state index in [4.69, 9.17) is 5.73 Å². The molecule has 0 amide bonds. The molecular formula is C12H15N5S. The largest absolute Gasteiger partial charge is 0.337 e. The van der Waals surface area contributed by atoms with Crippen LogP contribution >= 0.6 is 11.3 Å². The molecule has 0 saturated carbocycles. The predicted molar refractivity (Wildman–Crippen MR) is 72.6 cm³/mol. The summed E-state index contributed by atoms with van der Waals surface area (Å²) in [6, 6.07) is 2.27. The smallest absolute Gasteiger partial charge is 0.226 e. The fourth-order valence-corrected chi connectivity index (χ4v) is 2.86. The Morgan fingerprint density at radius 3 is 3.11 bits per heavy atom. The van der Waals surface area contributed by atoms with Crippen molar-refractivity contribution >= 4 is 17.3 Å². The number of thiazole rings is 1. The van der Waals surface area contributed by atoms with Crippen molar-refractivity contribution in [3.8, 4) is 11.4 Å². The second-order valence-corrected chi connectivity index (χ2v) is 5.06. The van der Waals surface area contributed by atoms with E-state index in [1.807, 2.05) is 17.0 Å². The summed E-state index contributed by atoms with van der Waals surface area (Å²) in [5.41, 5.74) is 9.39. The molecule has 1 saturated heterocycles. The van der Waals surface area contributed by atoms with Gasteiger partial charge < -0.3 is 10.6 Å². The van der Waals surface area contributed by atoms with Crippen LogP contribution in [0.2, 0.25) is 0 Å². The van der Waals surface area contributed by atoms with Crippen molar-refractivity contribution in [2.75, 3.05) is 18.0 Å². The Morgan fingerprint density at radius 2 is 2.33 bits per heavy atom. The lowest BCUT2D eigenvalue weighted by molar-refractivity contribution is 0.664. The Labute approximate surface area is 110 Å². The van der Waals surface area contributed by atoms with E-state index >= 15 is 0 Å². The minimum absolute atomic E-state index is 0.371. The summed E-state index contributed by atoms with van der Waals surface area (Å²) in [4.78, 5) is 15.4. The molecule has 5 nitrogen and oxygen atoms in total. The van der Waals surface area contributed by atoms with Crippen molar-refractivity contribution in [3.63, 3.8) is 0 Å². The van der Waals surface area contributed by atoms with E-state index < -0.39 is 0 Å². The minimum Gasteiger partial charge on any atom is -0.337 e. The highest BCUT2D eigenvalue weighted by Crippen LogP contribution is 2.24. The molecule has 6 heteroatoms. The predicted octanol–water partition coefficient (Wildman–Crippen LogP) is 1.53. The molecule has 0 radical (unpaired) electrons. The van der Waals surface area contributed by atoms with Crippen molar-refractivity contribution in [2.24, 2.45) is 5.73 Å². The average Bonchev–Trinajstić information content (AvgIpc) is 3.10. The molecule has 1 aliphatic rings. The van der Waals surface area contributed by atoms with Gasteiger partial charge in [-0.1, -0.05) is 0 Å². The quantitative estimate of drug-likeness (QED) is 0.907. The Balaban J connectivity index is 1.91. The Morgan fingerprint density at radius 1 is 1.39 bits per heavy atom. The van der Waals surface area contributed by atoms with Gasteiger partial charge >= 0.3 is 0 Å². The standard InChI is InChI=1S/C12H15N5S/c13-6-9-2-1-5-17(9)12-14-4-3-10(16-12)11-7-18-8-15-11/h3-4,7-9H,1-2,5-6,13H2. The van der Waals surface area contributed by atoms with E-state index in [-0.39, 0.29) is 0 Å². The maximum Gasteiger partial charge on any atom is 0.226 e. The zero-order valence-electron chi connectivity index (χ0n) is 9.99. The van der Waals surface area contributed by atoms with Crippen LogP contribution in [0.3, 0.4) is 0 Å². The lowest BCUT2D eigenvalue weighted by atomic mass is 10.2. The summed E-state index contributed by atoms with van der Waals surface area (Å²) in [6.07, 6.45) is 4.08. The van der Waals surface area contributed by atoms with E-state index in [2.05, 4.69) is 19.9 Å². The van der Waals surface area contributed by atoms with Gasteiger partial charge in [-0.05, 0) is 18.9 Å². The molecule has 2 aromatic heterocycles. The molecule has 1 unspecified atom stereocenters. The number of anilines is 1. The normalized spacial score (nSPS) is 19.4. The Bertz CT molecular complexity index is 513. The van der Waals surface area contributed by atoms with Gasteiger partial charge in [0.05, 0.1) is 16.9 Å². The summed E-state index contributed by atoms with van der Waals surface area (Å²) < 4.78 is 0. The SMILES string of the molecule is NCC1CCCN1c1nccc(-c2cscn2)n1. The van der Waals surface area contributed by atoms with Crippen LogP contribution in [0.25, 0.3) is 11.4 Å². The van der Waals surface area contributed by atoms with Gasteiger partial charge in [0.2, 0.25) is 5.95 Å². The second kappa shape index (κ2) is 4.99. The van der Waals surface area contributed by atoms with E-state index in [1.54, 1.807) is 17.5 Å². The van der Waals surface area contributed by atoms with Gasteiger partial charge in [-0.25, -0.2) is 15.0 Å². The number of hydrogen-bond acceptors (Lipinski definition) is 6. The highest BCUT2D eigenvalue weighted by molar-refractivity contribution is 7.07. The highest BCUT2D eigenvalue weighted by Gasteiger charge is 2.25. The molecule has 0 aromatic carbocycles. The first-order chi connectivity index (χ1) is 8.88. The van der Waals surface area contributed by atoms with Crippen LogP contribution in [-0.2, 0) is 0 Å². The van der Waals surface area contributed by atoms with Gasteiger partial charge in [-0.2, -0.15) is 0 Å². The monoisotopic (exact) mass is 261 g/mol. The molecule has 0 spiro atoms. The summed E-state index contributed by atoms with van der Waals surface area (Å²) >= 11 is 1.57. The zero-order chi connectivity index (χ0) is 12.4. The lowest BCUT2D eigenvalue weighted by Crippen LogP contribution is -2.36. The van der Waals surface area contributed by atoms with E-state index in [0.29, 0.717) is 12.6 Å². The van der Waals surface area contributed by atoms with Crippen LogP contribution in [0, 0.1) is 0 Å². The fraction of sp³-hybridized carbons (Fsp3) is 0.417. The number of hydrogen-bond donors (Lipinski definition) is 1. The molecular weight excluding hydrogens is 246 g/mol. The Hall–Kier alpha value is -1.53. The maximum atomic E-state index is 5.79. The van der Waals surface area contributed by atoms with Crippen molar-refractivity contribution in [3.05, 3.63) is 23.2 Å². The number of rotatable bonds is 3. The average molecular weight is 261 g/mol. The van der Waals surface area contributed by atoms with E-state index in [0.717, 1.165) is 36.7 Å². The van der Waals surface area contributed by atoms with Crippen LogP contribution < -0.4 is 10.6 Å². The zero-order valence-corrected chi connectivity index (χ0v) is 10.8. The first-order valence-electron chi connectivity index (χ1n) is 6.07. The highest BCUT2D eigenvalue weighted by atomic mass is 32.1. The van der Waals surface area contributed by atoms with Crippen LogP contribution in [0.15, 0.2) is 23.2 Å². The maximum absolute atomic E-state index is 5.79. The van der Waals surface area contributed by atoms with Crippen molar-refractivity contribution < 1.29 is 0 Å². The van der Waals surface area contributed by atoms with Crippen LogP contribution in [0.5, 0.6) is 0 Å². The second-order valence-electron chi connectivity index (χ2n) is 4.34. The molecule has 1 fully saturated rings. The molecule has 0 bridgehead atoms. The minimum atomic E-state index is 0.371. The van der Waals surface area contributed by atoms with Crippen LogP contribution in [0.4, 0.5) is 5.95 Å². The molecule has 3 rings (SSSR count). The van der Waals surface area contributed by atoms with Gasteiger partial charge in [0.1, 0.15) is 0 Å². The van der Waals surface area contributed by atoms with Crippen molar-refractivity contribution in [2.45, 2.75) is 18.9 Å². The lowest BCUT2D eigenvalue weighted by Gasteiger charge is -2.23. The topological polar surface area (TPSA) is 67.9 Å². The first-order valence-corrected chi connectivity index (χ1v) is 7.01. The van der Waals surface area contributed by atoms with Gasteiger partial charge in [-0.3, -0.25) is 0 Å². The van der Waals surface area contributed by atoms with E-state index in [9.17, 15) is 0 Å². The molecule has 94 valence electrons. The van der Waals surface area contributed by atoms with Crippen molar-refractivity contribution in [1.29, 1.82) is 0 Å². The molecule has 3 heterocycles. The molecule has 1 atom stereocenters. The van der Waals surface area contributed by atoms with Gasteiger partial charge in [0, 0.05) is 30.7 Å². The first kappa shape index (κ1) is 11.6. The van der Waals surface area contributed by atoms with Crippen LogP contribution in [0.1, 0.15) is 12.8 Å². The van der Waals surface area contributed by atoms with Gasteiger partial charge in [-0.15, -0.1) is 11.3 Å².